The average Bonchev–Trinajstić information content (AvgIpc) is 2.78. The van der Waals surface area contributed by atoms with Gasteiger partial charge in [0.1, 0.15) is 13.2 Å². The summed E-state index contributed by atoms with van der Waals surface area (Å²) >= 11 is 1.66. The molecule has 1 N–H and O–H groups in total. The molecule has 0 unspecified atom stereocenters. The summed E-state index contributed by atoms with van der Waals surface area (Å²) in [5.74, 6) is 2.26. The van der Waals surface area contributed by atoms with E-state index in [0.717, 1.165) is 39.1 Å². The van der Waals surface area contributed by atoms with E-state index in [0.29, 0.717) is 19.8 Å². The standard InChI is InChI=1S/C23H23N3O3S/c1-26(15-17-8-9-20-21(14-17)29-12-11-28-20)23(27)25-19-6-4-5-18(13-19)16-30-22-7-2-3-10-24-22/h2-10,13-14H,11-12,15-16H2,1H3,(H,25,27). The summed E-state index contributed by atoms with van der Waals surface area (Å²) in [4.78, 5) is 18.6. The maximum atomic E-state index is 12.6. The van der Waals surface area contributed by atoms with E-state index in [1.807, 2.05) is 60.7 Å². The number of fused-ring (bicyclic) bond motifs is 1. The Kier molecular flexibility index (Phi) is 6.39. The summed E-state index contributed by atoms with van der Waals surface area (Å²) in [7, 11) is 1.77. The van der Waals surface area contributed by atoms with Crippen molar-refractivity contribution in [2.45, 2.75) is 17.3 Å². The average molecular weight is 422 g/mol. The van der Waals surface area contributed by atoms with Crippen molar-refractivity contribution in [3.05, 3.63) is 78.0 Å². The first-order chi connectivity index (χ1) is 14.7. The minimum atomic E-state index is -0.167. The molecule has 2 amide bonds. The van der Waals surface area contributed by atoms with Crippen molar-refractivity contribution in [1.82, 2.24) is 9.88 Å². The van der Waals surface area contributed by atoms with Crippen molar-refractivity contribution in [3.63, 3.8) is 0 Å². The smallest absolute Gasteiger partial charge is 0.321 e. The first-order valence-electron chi connectivity index (χ1n) is 9.71. The number of urea groups is 1. The van der Waals surface area contributed by atoms with Gasteiger partial charge in [-0.15, -0.1) is 11.8 Å². The Morgan fingerprint density at radius 1 is 1.03 bits per heavy atom. The molecule has 0 saturated heterocycles. The number of hydrogen-bond donors (Lipinski definition) is 1. The van der Waals surface area contributed by atoms with Crippen LogP contribution in [-0.2, 0) is 12.3 Å². The highest BCUT2D eigenvalue weighted by Crippen LogP contribution is 2.31. The Morgan fingerprint density at radius 2 is 1.90 bits per heavy atom. The van der Waals surface area contributed by atoms with Crippen molar-refractivity contribution in [3.8, 4) is 11.5 Å². The van der Waals surface area contributed by atoms with E-state index in [4.69, 9.17) is 9.47 Å². The fraction of sp³-hybridized carbons (Fsp3) is 0.217. The number of thioether (sulfide) groups is 1. The van der Waals surface area contributed by atoms with Crippen LogP contribution >= 0.6 is 11.8 Å². The highest BCUT2D eigenvalue weighted by Gasteiger charge is 2.14. The van der Waals surface area contributed by atoms with Crippen molar-refractivity contribution in [2.24, 2.45) is 0 Å². The van der Waals surface area contributed by atoms with Gasteiger partial charge in [0, 0.05) is 31.2 Å². The summed E-state index contributed by atoms with van der Waals surface area (Å²) in [5.41, 5.74) is 2.88. The lowest BCUT2D eigenvalue weighted by atomic mass is 10.2. The molecular weight excluding hydrogens is 398 g/mol. The van der Waals surface area contributed by atoms with Crippen LogP contribution in [0.4, 0.5) is 10.5 Å². The van der Waals surface area contributed by atoms with Crippen LogP contribution in [0.5, 0.6) is 11.5 Å². The second-order valence-corrected chi connectivity index (χ2v) is 7.92. The van der Waals surface area contributed by atoms with E-state index in [-0.39, 0.29) is 6.03 Å². The first kappa shape index (κ1) is 20.1. The van der Waals surface area contributed by atoms with Crippen LogP contribution in [-0.4, -0.2) is 36.2 Å². The number of anilines is 1. The molecule has 1 aromatic heterocycles. The number of nitrogens with zero attached hydrogens (tertiary/aromatic N) is 2. The van der Waals surface area contributed by atoms with Gasteiger partial charge in [-0.2, -0.15) is 0 Å². The third-order valence-corrected chi connectivity index (χ3v) is 5.59. The molecule has 3 aromatic rings. The minimum Gasteiger partial charge on any atom is -0.486 e. The van der Waals surface area contributed by atoms with Crippen molar-refractivity contribution in [2.75, 3.05) is 25.6 Å². The van der Waals surface area contributed by atoms with Gasteiger partial charge in [-0.3, -0.25) is 0 Å². The van der Waals surface area contributed by atoms with E-state index in [1.54, 1.807) is 29.9 Å². The van der Waals surface area contributed by atoms with Crippen LogP contribution in [0.25, 0.3) is 0 Å². The van der Waals surface area contributed by atoms with E-state index in [1.165, 1.54) is 0 Å². The zero-order valence-electron chi connectivity index (χ0n) is 16.7. The number of benzene rings is 2. The molecule has 2 aromatic carbocycles. The number of nitrogens with one attached hydrogen (secondary N) is 1. The van der Waals surface area contributed by atoms with Gasteiger partial charge in [0.05, 0.1) is 5.03 Å². The normalized spacial score (nSPS) is 12.3. The SMILES string of the molecule is CN(Cc1ccc2c(c1)OCCO2)C(=O)Nc1cccc(CSc2ccccn2)c1. The van der Waals surface area contributed by atoms with Crippen molar-refractivity contribution in [1.29, 1.82) is 0 Å². The Hall–Kier alpha value is -3.19. The van der Waals surface area contributed by atoms with Crippen LogP contribution in [0.15, 0.2) is 71.9 Å². The van der Waals surface area contributed by atoms with Crippen LogP contribution in [0.1, 0.15) is 11.1 Å². The number of aromatic nitrogens is 1. The zero-order valence-corrected chi connectivity index (χ0v) is 17.5. The number of rotatable bonds is 6. The van der Waals surface area contributed by atoms with Crippen LogP contribution in [0, 0.1) is 0 Å². The predicted octanol–water partition coefficient (Wildman–Crippen LogP) is 4.81. The molecule has 0 bridgehead atoms. The van der Waals surface area contributed by atoms with Gasteiger partial charge in [0.25, 0.3) is 0 Å². The maximum Gasteiger partial charge on any atom is 0.321 e. The molecular formula is C23H23N3O3S. The molecule has 0 fully saturated rings. The molecule has 0 spiro atoms. The summed E-state index contributed by atoms with van der Waals surface area (Å²) in [6.45, 7) is 1.58. The number of ether oxygens (including phenoxy) is 2. The fourth-order valence-electron chi connectivity index (χ4n) is 3.08. The lowest BCUT2D eigenvalue weighted by Crippen LogP contribution is -2.30. The molecule has 0 radical (unpaired) electrons. The van der Waals surface area contributed by atoms with Gasteiger partial charge in [-0.25, -0.2) is 9.78 Å². The van der Waals surface area contributed by atoms with E-state index < -0.39 is 0 Å². The maximum absolute atomic E-state index is 12.6. The highest BCUT2D eigenvalue weighted by atomic mass is 32.2. The summed E-state index contributed by atoms with van der Waals surface area (Å²) in [6, 6.07) is 19.3. The Bertz CT molecular complexity index is 1010. The molecule has 30 heavy (non-hydrogen) atoms. The molecule has 6 nitrogen and oxygen atoms in total. The summed E-state index contributed by atoms with van der Waals surface area (Å²) in [5, 5.41) is 3.95. The Morgan fingerprint density at radius 3 is 2.73 bits per heavy atom. The molecule has 4 rings (SSSR count). The van der Waals surface area contributed by atoms with E-state index in [2.05, 4.69) is 10.3 Å². The van der Waals surface area contributed by atoms with E-state index in [9.17, 15) is 4.79 Å². The van der Waals surface area contributed by atoms with Gasteiger partial charge in [-0.05, 0) is 47.5 Å². The zero-order chi connectivity index (χ0) is 20.8. The number of amides is 2. The van der Waals surface area contributed by atoms with Gasteiger partial charge in [0.2, 0.25) is 0 Å². The third-order valence-electron chi connectivity index (χ3n) is 4.58. The molecule has 7 heteroatoms. The molecule has 0 atom stereocenters. The van der Waals surface area contributed by atoms with Crippen LogP contribution < -0.4 is 14.8 Å². The molecule has 1 aliphatic heterocycles. The first-order valence-corrected chi connectivity index (χ1v) is 10.7. The molecule has 0 aliphatic carbocycles. The molecule has 154 valence electrons. The minimum absolute atomic E-state index is 0.167. The Balaban J connectivity index is 1.34. The number of carbonyl (C=O) groups is 1. The predicted molar refractivity (Wildman–Crippen MR) is 118 cm³/mol. The lowest BCUT2D eigenvalue weighted by molar-refractivity contribution is 0.171. The summed E-state index contributed by atoms with van der Waals surface area (Å²) in [6.07, 6.45) is 1.79. The van der Waals surface area contributed by atoms with Gasteiger partial charge in [0.15, 0.2) is 11.5 Å². The largest absolute Gasteiger partial charge is 0.486 e. The third kappa shape index (κ3) is 5.24. The fourth-order valence-corrected chi connectivity index (χ4v) is 3.88. The quantitative estimate of drug-likeness (QED) is 0.579. The van der Waals surface area contributed by atoms with Crippen LogP contribution in [0.2, 0.25) is 0 Å². The lowest BCUT2D eigenvalue weighted by Gasteiger charge is -2.21. The second kappa shape index (κ2) is 9.54. The summed E-state index contributed by atoms with van der Waals surface area (Å²) < 4.78 is 11.2. The highest BCUT2D eigenvalue weighted by molar-refractivity contribution is 7.98. The van der Waals surface area contributed by atoms with Crippen molar-refractivity contribution < 1.29 is 14.3 Å². The number of carbonyl (C=O) groups excluding carboxylic acids is 1. The van der Waals surface area contributed by atoms with Gasteiger partial charge < -0.3 is 19.7 Å². The van der Waals surface area contributed by atoms with Crippen LogP contribution in [0.3, 0.4) is 0 Å². The topological polar surface area (TPSA) is 63.7 Å². The monoisotopic (exact) mass is 421 g/mol. The number of pyridine rings is 1. The molecule has 2 heterocycles. The van der Waals surface area contributed by atoms with E-state index >= 15 is 0 Å². The molecule has 0 saturated carbocycles. The van der Waals surface area contributed by atoms with Crippen molar-refractivity contribution >= 4 is 23.5 Å². The van der Waals surface area contributed by atoms with Gasteiger partial charge in [-0.1, -0.05) is 24.3 Å². The number of hydrogen-bond acceptors (Lipinski definition) is 5. The second-order valence-electron chi connectivity index (χ2n) is 6.92. The Labute approximate surface area is 180 Å². The van der Waals surface area contributed by atoms with Gasteiger partial charge >= 0.3 is 6.03 Å². The molecule has 1 aliphatic rings.